The van der Waals surface area contributed by atoms with Gasteiger partial charge in [0, 0.05) is 32.6 Å². The molecule has 50 heavy (non-hydrogen) atoms. The molecule has 2 heterocycles. The summed E-state index contributed by atoms with van der Waals surface area (Å²) in [6, 6.07) is 17.3. The maximum absolute atomic E-state index is 14.2. The van der Waals surface area contributed by atoms with E-state index in [1.807, 2.05) is 68.6 Å². The molecule has 1 aliphatic heterocycles. The summed E-state index contributed by atoms with van der Waals surface area (Å²) in [5.41, 5.74) is 6.26. The van der Waals surface area contributed by atoms with Gasteiger partial charge in [0.1, 0.15) is 11.1 Å². The van der Waals surface area contributed by atoms with Gasteiger partial charge in [0.2, 0.25) is 10.0 Å². The van der Waals surface area contributed by atoms with E-state index in [4.69, 9.17) is 9.47 Å². The Morgan fingerprint density at radius 1 is 1.08 bits per heavy atom. The van der Waals surface area contributed by atoms with Gasteiger partial charge in [0.15, 0.2) is 0 Å². The normalized spacial score (nSPS) is 16.9. The maximum atomic E-state index is 14.2. The van der Waals surface area contributed by atoms with E-state index in [0.717, 1.165) is 44.4 Å². The second kappa shape index (κ2) is 15.1. The van der Waals surface area contributed by atoms with E-state index in [2.05, 4.69) is 22.6 Å². The highest BCUT2D eigenvalue weighted by molar-refractivity contribution is 7.89. The van der Waals surface area contributed by atoms with Crippen LogP contribution in [0.25, 0.3) is 17.1 Å². The zero-order valence-electron chi connectivity index (χ0n) is 29.9. The zero-order chi connectivity index (χ0) is 36.2. The number of aromatic nitrogens is 3. The molecule has 0 saturated carbocycles. The van der Waals surface area contributed by atoms with Gasteiger partial charge in [-0.3, -0.25) is 4.79 Å². The molecular weight excluding hydrogens is 655 g/mol. The third-order valence-electron chi connectivity index (χ3n) is 8.69. The first kappa shape index (κ1) is 36.7. The molecule has 266 valence electrons. The molecule has 2 atom stereocenters. The lowest BCUT2D eigenvalue weighted by atomic mass is 9.86. The number of alkyl carbamates (subject to hydrolysis) is 1. The quantitative estimate of drug-likeness (QED) is 0.191. The van der Waals surface area contributed by atoms with Crippen LogP contribution in [0.1, 0.15) is 80.3 Å². The van der Waals surface area contributed by atoms with E-state index in [9.17, 15) is 18.0 Å². The lowest BCUT2D eigenvalue weighted by Gasteiger charge is -2.24. The summed E-state index contributed by atoms with van der Waals surface area (Å²) < 4.78 is 42.3. The molecule has 1 aromatic heterocycles. The van der Waals surface area contributed by atoms with E-state index >= 15 is 0 Å². The molecule has 2 unspecified atom stereocenters. The van der Waals surface area contributed by atoms with Crippen molar-refractivity contribution in [3.8, 4) is 0 Å². The predicted octanol–water partition coefficient (Wildman–Crippen LogP) is 6.28. The standard InChI is InChI=1S/C38H47N5O6S/c1-8-48-36(44)22-32(29-14-15-34-33(21-29)40-41-42(34)7)28-13-11-26(3)31(20-28)24-43-23-25(2)18-30-19-27(12-16-35(30)50(43,46)47)10-9-17-39-37(45)49-38(4,5)6/h9-16,19-21,25,32H,8,17-18,22-24H2,1-7H3,(H,39,45)/b10-9+. The van der Waals surface area contributed by atoms with E-state index in [0.29, 0.717) is 17.9 Å². The van der Waals surface area contributed by atoms with Crippen molar-refractivity contribution in [1.82, 2.24) is 24.6 Å². The number of amides is 1. The highest BCUT2D eigenvalue weighted by Gasteiger charge is 2.33. The molecule has 1 aliphatic rings. The predicted molar refractivity (Wildman–Crippen MR) is 193 cm³/mol. The number of nitrogens with zero attached hydrogens (tertiary/aromatic N) is 4. The maximum Gasteiger partial charge on any atom is 0.407 e. The Morgan fingerprint density at radius 2 is 1.82 bits per heavy atom. The summed E-state index contributed by atoms with van der Waals surface area (Å²) in [5, 5.41) is 11.1. The molecule has 12 heteroatoms. The topological polar surface area (TPSA) is 133 Å². The van der Waals surface area contributed by atoms with Crippen LogP contribution in [0.2, 0.25) is 0 Å². The third-order valence-corrected chi connectivity index (χ3v) is 10.6. The number of nitrogens with one attached hydrogen (secondary N) is 1. The molecule has 0 aliphatic carbocycles. The van der Waals surface area contributed by atoms with Crippen molar-refractivity contribution in [2.24, 2.45) is 13.0 Å². The van der Waals surface area contributed by atoms with Crippen molar-refractivity contribution in [1.29, 1.82) is 0 Å². The summed E-state index contributed by atoms with van der Waals surface area (Å²) in [6.07, 6.45) is 3.91. The molecule has 0 spiro atoms. The van der Waals surface area contributed by atoms with Crippen molar-refractivity contribution in [3.05, 3.63) is 94.1 Å². The van der Waals surface area contributed by atoms with Gasteiger partial charge >= 0.3 is 12.1 Å². The Hall–Kier alpha value is -4.55. The van der Waals surface area contributed by atoms with E-state index in [1.165, 1.54) is 0 Å². The zero-order valence-corrected chi connectivity index (χ0v) is 30.7. The van der Waals surface area contributed by atoms with Gasteiger partial charge in [-0.15, -0.1) is 5.10 Å². The van der Waals surface area contributed by atoms with Crippen LogP contribution >= 0.6 is 0 Å². The second-order valence-electron chi connectivity index (χ2n) is 14.0. The Balaban J connectivity index is 1.40. The van der Waals surface area contributed by atoms with Crippen molar-refractivity contribution >= 4 is 39.2 Å². The number of carbonyl (C=O) groups excluding carboxylic acids is 2. The highest BCUT2D eigenvalue weighted by Crippen LogP contribution is 2.34. The minimum Gasteiger partial charge on any atom is -0.466 e. The minimum atomic E-state index is -3.83. The number of rotatable bonds is 10. The Bertz CT molecular complexity index is 2010. The number of aryl methyl sites for hydroxylation is 2. The van der Waals surface area contributed by atoms with Crippen molar-refractivity contribution in [3.63, 3.8) is 0 Å². The summed E-state index contributed by atoms with van der Waals surface area (Å²) in [5.74, 6) is -0.572. The average molecular weight is 702 g/mol. The fourth-order valence-corrected chi connectivity index (χ4v) is 8.05. The smallest absolute Gasteiger partial charge is 0.407 e. The fourth-order valence-electron chi connectivity index (χ4n) is 6.30. The van der Waals surface area contributed by atoms with Crippen LogP contribution < -0.4 is 5.32 Å². The van der Waals surface area contributed by atoms with Crippen LogP contribution in [0.5, 0.6) is 0 Å². The Morgan fingerprint density at radius 3 is 2.56 bits per heavy atom. The van der Waals surface area contributed by atoms with Crippen LogP contribution in [0.15, 0.2) is 65.6 Å². The fraction of sp³-hybridized carbons (Fsp3) is 0.421. The number of ether oxygens (including phenoxy) is 2. The molecule has 1 N–H and O–H groups in total. The molecular formula is C38H47N5O6S. The number of hydrogen-bond donors (Lipinski definition) is 1. The number of fused-ring (bicyclic) bond motifs is 2. The highest BCUT2D eigenvalue weighted by atomic mass is 32.2. The summed E-state index contributed by atoms with van der Waals surface area (Å²) in [7, 11) is -2.00. The van der Waals surface area contributed by atoms with Crippen molar-refractivity contribution in [2.45, 2.75) is 77.3 Å². The first-order valence-electron chi connectivity index (χ1n) is 17.0. The van der Waals surface area contributed by atoms with E-state index in [-0.39, 0.29) is 43.9 Å². The molecule has 1 amide bonds. The van der Waals surface area contributed by atoms with E-state index in [1.54, 1.807) is 48.8 Å². The van der Waals surface area contributed by atoms with Gasteiger partial charge in [-0.05, 0) is 98.5 Å². The number of sulfonamides is 1. The molecule has 4 aromatic rings. The van der Waals surface area contributed by atoms with Crippen LogP contribution in [-0.4, -0.2) is 65.1 Å². The van der Waals surface area contributed by atoms with Crippen molar-refractivity contribution < 1.29 is 27.5 Å². The number of hydrogen-bond acceptors (Lipinski definition) is 8. The van der Waals surface area contributed by atoms with Crippen molar-refractivity contribution in [2.75, 3.05) is 19.7 Å². The van der Waals surface area contributed by atoms with Gasteiger partial charge in [-0.25, -0.2) is 17.9 Å². The van der Waals surface area contributed by atoms with Gasteiger partial charge < -0.3 is 14.8 Å². The largest absolute Gasteiger partial charge is 0.466 e. The number of esters is 1. The number of benzene rings is 3. The van der Waals surface area contributed by atoms with Crippen LogP contribution in [0.3, 0.4) is 0 Å². The SMILES string of the molecule is CCOC(=O)CC(c1ccc(C)c(CN2CC(C)Cc3cc(/C=C/CNC(=O)OC(C)(C)C)ccc3S2(=O)=O)c1)c1ccc2c(c1)nnn2C. The molecule has 0 bridgehead atoms. The Kier molecular flexibility index (Phi) is 11.1. The number of carbonyl (C=O) groups is 2. The third kappa shape index (κ3) is 8.78. The summed E-state index contributed by atoms with van der Waals surface area (Å²) in [6.45, 7) is 12.4. The average Bonchev–Trinajstić information content (AvgIpc) is 3.37. The lowest BCUT2D eigenvalue weighted by Crippen LogP contribution is -2.33. The molecule has 3 aromatic carbocycles. The van der Waals surface area contributed by atoms with Gasteiger partial charge in [-0.2, -0.15) is 4.31 Å². The first-order chi connectivity index (χ1) is 23.6. The molecule has 0 saturated heterocycles. The van der Waals surface area contributed by atoms with Crippen LogP contribution in [0.4, 0.5) is 4.79 Å². The van der Waals surface area contributed by atoms with Gasteiger partial charge in [-0.1, -0.05) is 60.7 Å². The molecule has 0 radical (unpaired) electrons. The van der Waals surface area contributed by atoms with Crippen LogP contribution in [0, 0.1) is 12.8 Å². The monoisotopic (exact) mass is 701 g/mol. The van der Waals surface area contributed by atoms with Crippen LogP contribution in [-0.2, 0) is 44.3 Å². The first-order valence-corrected chi connectivity index (χ1v) is 18.4. The molecule has 0 fully saturated rings. The van der Waals surface area contributed by atoms with Gasteiger partial charge in [0.05, 0.1) is 23.4 Å². The minimum absolute atomic E-state index is 0.0675. The summed E-state index contributed by atoms with van der Waals surface area (Å²) >= 11 is 0. The second-order valence-corrected chi connectivity index (χ2v) is 15.9. The Labute approximate surface area is 294 Å². The summed E-state index contributed by atoms with van der Waals surface area (Å²) in [4.78, 5) is 25.1. The molecule has 11 nitrogen and oxygen atoms in total. The molecule has 5 rings (SSSR count). The van der Waals surface area contributed by atoms with Gasteiger partial charge in [0.25, 0.3) is 0 Å². The lowest BCUT2D eigenvalue weighted by molar-refractivity contribution is -0.143. The van der Waals surface area contributed by atoms with E-state index < -0.39 is 21.7 Å².